The van der Waals surface area contributed by atoms with Gasteiger partial charge in [0.05, 0.1) is 16.8 Å². The lowest BCUT2D eigenvalue weighted by Crippen LogP contribution is -2.36. The van der Waals surface area contributed by atoms with Gasteiger partial charge in [0.2, 0.25) is 0 Å². The maximum atomic E-state index is 13.6. The van der Waals surface area contributed by atoms with E-state index in [0.717, 1.165) is 11.0 Å². The number of rotatable bonds is 5. The van der Waals surface area contributed by atoms with Gasteiger partial charge in [-0.2, -0.15) is 0 Å². The van der Waals surface area contributed by atoms with E-state index in [9.17, 15) is 23.6 Å². The van der Waals surface area contributed by atoms with Crippen LogP contribution in [0.25, 0.3) is 0 Å². The Labute approximate surface area is 157 Å². The van der Waals surface area contributed by atoms with Crippen LogP contribution in [0.15, 0.2) is 42.5 Å². The van der Waals surface area contributed by atoms with Crippen LogP contribution < -0.4 is 5.32 Å². The van der Waals surface area contributed by atoms with Crippen LogP contribution >= 0.6 is 11.6 Å². The summed E-state index contributed by atoms with van der Waals surface area (Å²) in [5.41, 5.74) is 0.234. The highest BCUT2D eigenvalue weighted by atomic mass is 35.5. The Morgan fingerprint density at radius 1 is 1.07 bits per heavy atom. The van der Waals surface area contributed by atoms with Gasteiger partial charge >= 0.3 is 5.97 Å². The van der Waals surface area contributed by atoms with Crippen LogP contribution in [-0.2, 0) is 14.3 Å². The molecule has 0 unspecified atom stereocenters. The van der Waals surface area contributed by atoms with Crippen molar-refractivity contribution >= 4 is 41.0 Å². The molecule has 2 aromatic carbocycles. The summed E-state index contributed by atoms with van der Waals surface area (Å²) in [6, 6.07) is 9.76. The molecule has 1 N–H and O–H groups in total. The van der Waals surface area contributed by atoms with Crippen molar-refractivity contribution in [3.05, 3.63) is 64.4 Å². The lowest BCUT2D eigenvalue weighted by Gasteiger charge is -2.13. The van der Waals surface area contributed by atoms with Gasteiger partial charge in [0.25, 0.3) is 17.7 Å². The molecule has 0 atom stereocenters. The molecular formula is C18H12ClFN2O5. The SMILES string of the molecule is O=C(COC(=O)CN1C(=O)c2ccccc2C1=O)Nc1cc(Cl)ccc1F. The van der Waals surface area contributed by atoms with Crippen molar-refractivity contribution in [3.63, 3.8) is 0 Å². The molecular weight excluding hydrogens is 379 g/mol. The molecule has 0 aliphatic carbocycles. The van der Waals surface area contributed by atoms with Crippen LogP contribution in [0.2, 0.25) is 5.02 Å². The summed E-state index contributed by atoms with van der Waals surface area (Å²) in [5.74, 6) is -3.68. The topological polar surface area (TPSA) is 92.8 Å². The summed E-state index contributed by atoms with van der Waals surface area (Å²) >= 11 is 5.72. The van der Waals surface area contributed by atoms with Crippen molar-refractivity contribution in [2.45, 2.75) is 0 Å². The summed E-state index contributed by atoms with van der Waals surface area (Å²) in [4.78, 5) is 48.7. The minimum atomic E-state index is -0.953. The maximum Gasteiger partial charge on any atom is 0.326 e. The molecule has 0 spiro atoms. The number of nitrogens with zero attached hydrogens (tertiary/aromatic N) is 1. The zero-order valence-electron chi connectivity index (χ0n) is 13.7. The van der Waals surface area contributed by atoms with Gasteiger partial charge in [-0.15, -0.1) is 0 Å². The Hall–Kier alpha value is -3.26. The molecule has 138 valence electrons. The van der Waals surface area contributed by atoms with Gasteiger partial charge in [-0.05, 0) is 30.3 Å². The Morgan fingerprint density at radius 3 is 2.33 bits per heavy atom. The molecule has 7 nitrogen and oxygen atoms in total. The maximum absolute atomic E-state index is 13.6. The number of hydrogen-bond acceptors (Lipinski definition) is 5. The highest BCUT2D eigenvalue weighted by Gasteiger charge is 2.36. The predicted octanol–water partition coefficient (Wildman–Crippen LogP) is 2.26. The number of carbonyl (C=O) groups excluding carboxylic acids is 4. The van der Waals surface area contributed by atoms with Gasteiger partial charge in [-0.1, -0.05) is 23.7 Å². The average Bonchev–Trinajstić information content (AvgIpc) is 2.88. The van der Waals surface area contributed by atoms with E-state index >= 15 is 0 Å². The minimum absolute atomic E-state index is 0.163. The first kappa shape index (κ1) is 18.5. The van der Waals surface area contributed by atoms with Gasteiger partial charge < -0.3 is 10.1 Å². The predicted molar refractivity (Wildman–Crippen MR) is 92.8 cm³/mol. The van der Waals surface area contributed by atoms with E-state index < -0.39 is 42.7 Å². The Bertz CT molecular complexity index is 928. The molecule has 1 aliphatic heterocycles. The van der Waals surface area contributed by atoms with E-state index in [0.29, 0.717) is 0 Å². The quantitative estimate of drug-likeness (QED) is 0.624. The van der Waals surface area contributed by atoms with Crippen molar-refractivity contribution in [2.75, 3.05) is 18.5 Å². The zero-order valence-corrected chi connectivity index (χ0v) is 14.5. The largest absolute Gasteiger partial charge is 0.454 e. The van der Waals surface area contributed by atoms with Crippen LogP contribution in [0.4, 0.5) is 10.1 Å². The molecule has 0 saturated carbocycles. The molecule has 2 aromatic rings. The molecule has 1 heterocycles. The normalized spacial score (nSPS) is 12.7. The average molecular weight is 391 g/mol. The molecule has 9 heteroatoms. The lowest BCUT2D eigenvalue weighted by atomic mass is 10.1. The van der Waals surface area contributed by atoms with Crippen molar-refractivity contribution < 1.29 is 28.3 Å². The standard InChI is InChI=1S/C18H12ClFN2O5/c19-10-5-6-13(20)14(7-10)21-15(23)9-27-16(24)8-22-17(25)11-3-1-2-4-12(11)18(22)26/h1-7H,8-9H2,(H,21,23). The summed E-state index contributed by atoms with van der Waals surface area (Å²) in [6.07, 6.45) is 0. The molecule has 0 saturated heterocycles. The van der Waals surface area contributed by atoms with Gasteiger partial charge in [-0.25, -0.2) is 4.39 Å². The van der Waals surface area contributed by atoms with Crippen LogP contribution in [0, 0.1) is 5.82 Å². The number of amides is 3. The molecule has 27 heavy (non-hydrogen) atoms. The van der Waals surface area contributed by atoms with Crippen LogP contribution in [0.1, 0.15) is 20.7 Å². The summed E-state index contributed by atoms with van der Waals surface area (Å²) < 4.78 is 18.3. The molecule has 0 bridgehead atoms. The number of hydrogen-bond donors (Lipinski definition) is 1. The second-order valence-corrected chi connectivity index (χ2v) is 6.01. The fourth-order valence-corrected chi connectivity index (χ4v) is 2.66. The molecule has 3 rings (SSSR count). The van der Waals surface area contributed by atoms with Gasteiger partial charge in [0.15, 0.2) is 6.61 Å². The summed E-state index contributed by atoms with van der Waals surface area (Å²) in [6.45, 7) is -1.35. The number of carbonyl (C=O) groups is 4. The molecule has 0 fully saturated rings. The van der Waals surface area contributed by atoms with Crippen molar-refractivity contribution in [3.8, 4) is 0 Å². The lowest BCUT2D eigenvalue weighted by molar-refractivity contribution is -0.147. The van der Waals surface area contributed by atoms with E-state index in [4.69, 9.17) is 16.3 Å². The number of imide groups is 1. The number of benzene rings is 2. The first-order valence-corrected chi connectivity index (χ1v) is 8.10. The minimum Gasteiger partial charge on any atom is -0.454 e. The van der Waals surface area contributed by atoms with Gasteiger partial charge in [0, 0.05) is 5.02 Å². The number of ether oxygens (including phenoxy) is 1. The smallest absolute Gasteiger partial charge is 0.326 e. The van der Waals surface area contributed by atoms with E-state index in [-0.39, 0.29) is 21.8 Å². The van der Waals surface area contributed by atoms with Crippen molar-refractivity contribution in [1.82, 2.24) is 4.90 Å². The number of esters is 1. The number of fused-ring (bicyclic) bond motifs is 1. The molecule has 0 radical (unpaired) electrons. The van der Waals surface area contributed by atoms with E-state index in [2.05, 4.69) is 5.32 Å². The first-order valence-electron chi connectivity index (χ1n) is 7.72. The van der Waals surface area contributed by atoms with Gasteiger partial charge in [-0.3, -0.25) is 24.1 Å². The third-order valence-corrected chi connectivity index (χ3v) is 3.97. The first-order chi connectivity index (χ1) is 12.9. The molecule has 1 aliphatic rings. The van der Waals surface area contributed by atoms with E-state index in [1.165, 1.54) is 24.3 Å². The van der Waals surface area contributed by atoms with Crippen molar-refractivity contribution in [2.24, 2.45) is 0 Å². The van der Waals surface area contributed by atoms with E-state index in [1.54, 1.807) is 12.1 Å². The second-order valence-electron chi connectivity index (χ2n) is 5.58. The van der Waals surface area contributed by atoms with Gasteiger partial charge in [0.1, 0.15) is 12.4 Å². The zero-order chi connectivity index (χ0) is 19.6. The fourth-order valence-electron chi connectivity index (χ4n) is 2.48. The van der Waals surface area contributed by atoms with Crippen LogP contribution in [0.3, 0.4) is 0 Å². The number of anilines is 1. The van der Waals surface area contributed by atoms with Crippen molar-refractivity contribution in [1.29, 1.82) is 0 Å². The molecule has 0 aromatic heterocycles. The Kier molecular flexibility index (Phi) is 5.18. The highest BCUT2D eigenvalue weighted by Crippen LogP contribution is 2.22. The third kappa shape index (κ3) is 3.95. The molecule has 3 amide bonds. The highest BCUT2D eigenvalue weighted by molar-refractivity contribution is 6.30. The number of nitrogens with one attached hydrogen (secondary N) is 1. The van der Waals surface area contributed by atoms with Crippen LogP contribution in [-0.4, -0.2) is 41.7 Å². The number of halogens is 2. The summed E-state index contributed by atoms with van der Waals surface area (Å²) in [5, 5.41) is 2.43. The Morgan fingerprint density at radius 2 is 1.70 bits per heavy atom. The van der Waals surface area contributed by atoms with Crippen LogP contribution in [0.5, 0.6) is 0 Å². The third-order valence-electron chi connectivity index (χ3n) is 3.73. The second kappa shape index (κ2) is 7.55. The monoisotopic (exact) mass is 390 g/mol. The van der Waals surface area contributed by atoms with E-state index in [1.807, 2.05) is 0 Å². The summed E-state index contributed by atoms with van der Waals surface area (Å²) in [7, 11) is 0. The Balaban J connectivity index is 1.54. The fraction of sp³-hybridized carbons (Fsp3) is 0.111.